The number of aromatic nitrogens is 2. The predicted octanol–water partition coefficient (Wildman–Crippen LogP) is 4.31. The summed E-state index contributed by atoms with van der Waals surface area (Å²) in [6.07, 6.45) is 1.61. The van der Waals surface area contributed by atoms with Gasteiger partial charge in [0.2, 0.25) is 0 Å². The molecule has 0 atom stereocenters. The Morgan fingerprint density at radius 2 is 1.83 bits per heavy atom. The molecular formula is C19H19N3O. The molecule has 4 heteroatoms. The number of rotatable bonds is 3. The first-order valence-corrected chi connectivity index (χ1v) is 7.69. The maximum atomic E-state index is 12.6. The monoisotopic (exact) mass is 305 g/mol. The van der Waals surface area contributed by atoms with Gasteiger partial charge in [-0.05, 0) is 18.4 Å². The molecule has 0 unspecified atom stereocenters. The fraction of sp³-hybridized carbons (Fsp3) is 0.211. The molecule has 1 heterocycles. The Labute approximate surface area is 135 Å². The number of benzene rings is 2. The number of carbonyl (C=O) groups excluding carboxylic acids is 1. The molecule has 3 aromatic rings. The standard InChI is InChI=1S/C19H19N3O/c1-12(2)18-20-11-16(13(3)21-18)19(23)22-17-10-6-8-14-7-4-5-9-15(14)17/h4-12H,1-3H3,(H,22,23). The second-order valence-electron chi connectivity index (χ2n) is 5.86. The van der Waals surface area contributed by atoms with Crippen LogP contribution >= 0.6 is 0 Å². The summed E-state index contributed by atoms with van der Waals surface area (Å²) in [7, 11) is 0. The number of nitrogens with zero attached hydrogens (tertiary/aromatic N) is 2. The molecule has 1 N–H and O–H groups in total. The Hall–Kier alpha value is -2.75. The number of hydrogen-bond acceptors (Lipinski definition) is 3. The summed E-state index contributed by atoms with van der Waals surface area (Å²) in [6, 6.07) is 13.8. The molecule has 0 saturated carbocycles. The molecule has 0 radical (unpaired) electrons. The molecule has 4 nitrogen and oxygen atoms in total. The first kappa shape index (κ1) is 15.2. The lowest BCUT2D eigenvalue weighted by atomic mass is 10.1. The van der Waals surface area contributed by atoms with Crippen molar-refractivity contribution in [2.24, 2.45) is 0 Å². The molecule has 1 amide bonds. The molecular weight excluding hydrogens is 286 g/mol. The second kappa shape index (κ2) is 6.16. The van der Waals surface area contributed by atoms with Gasteiger partial charge in [-0.25, -0.2) is 9.97 Å². The second-order valence-corrected chi connectivity index (χ2v) is 5.86. The highest BCUT2D eigenvalue weighted by Gasteiger charge is 2.14. The van der Waals surface area contributed by atoms with Crippen LogP contribution in [0.25, 0.3) is 10.8 Å². The number of anilines is 1. The van der Waals surface area contributed by atoms with Crippen LogP contribution in [0.3, 0.4) is 0 Å². The van der Waals surface area contributed by atoms with E-state index in [9.17, 15) is 4.79 Å². The van der Waals surface area contributed by atoms with Gasteiger partial charge in [-0.3, -0.25) is 4.79 Å². The lowest BCUT2D eigenvalue weighted by molar-refractivity contribution is 0.102. The van der Waals surface area contributed by atoms with Crippen LogP contribution in [-0.2, 0) is 0 Å². The summed E-state index contributed by atoms with van der Waals surface area (Å²) >= 11 is 0. The van der Waals surface area contributed by atoms with Gasteiger partial charge in [0.05, 0.1) is 11.3 Å². The summed E-state index contributed by atoms with van der Waals surface area (Å²) in [6.45, 7) is 5.90. The normalized spacial score (nSPS) is 11.0. The first-order valence-electron chi connectivity index (χ1n) is 7.69. The van der Waals surface area contributed by atoms with Gasteiger partial charge in [0, 0.05) is 23.2 Å². The largest absolute Gasteiger partial charge is 0.321 e. The quantitative estimate of drug-likeness (QED) is 0.784. The number of nitrogens with one attached hydrogen (secondary N) is 1. The fourth-order valence-corrected chi connectivity index (χ4v) is 2.51. The fourth-order valence-electron chi connectivity index (χ4n) is 2.51. The van der Waals surface area contributed by atoms with Crippen molar-refractivity contribution < 1.29 is 4.79 Å². The van der Waals surface area contributed by atoms with Gasteiger partial charge < -0.3 is 5.32 Å². The van der Waals surface area contributed by atoms with Crippen LogP contribution in [0.1, 0.15) is 41.6 Å². The van der Waals surface area contributed by atoms with E-state index in [2.05, 4.69) is 15.3 Å². The highest BCUT2D eigenvalue weighted by atomic mass is 16.1. The molecule has 0 spiro atoms. The van der Waals surface area contributed by atoms with Crippen molar-refractivity contribution in [1.82, 2.24) is 9.97 Å². The van der Waals surface area contributed by atoms with E-state index < -0.39 is 0 Å². The first-order chi connectivity index (χ1) is 11.1. The van der Waals surface area contributed by atoms with E-state index in [-0.39, 0.29) is 11.8 Å². The third kappa shape index (κ3) is 3.06. The molecule has 3 rings (SSSR count). The maximum absolute atomic E-state index is 12.6. The zero-order valence-corrected chi connectivity index (χ0v) is 13.5. The molecule has 2 aromatic carbocycles. The average molecular weight is 305 g/mol. The number of amides is 1. The Balaban J connectivity index is 1.92. The molecule has 23 heavy (non-hydrogen) atoms. The number of carbonyl (C=O) groups is 1. The van der Waals surface area contributed by atoms with Gasteiger partial charge in [-0.1, -0.05) is 50.2 Å². The molecule has 0 aliphatic heterocycles. The van der Waals surface area contributed by atoms with Crippen LogP contribution in [0.2, 0.25) is 0 Å². The van der Waals surface area contributed by atoms with Crippen molar-refractivity contribution in [3.8, 4) is 0 Å². The van der Waals surface area contributed by atoms with Crippen molar-refractivity contribution in [3.63, 3.8) is 0 Å². The van der Waals surface area contributed by atoms with Gasteiger partial charge in [-0.2, -0.15) is 0 Å². The zero-order chi connectivity index (χ0) is 16.4. The molecule has 0 saturated heterocycles. The third-order valence-electron chi connectivity index (χ3n) is 3.80. The lowest BCUT2D eigenvalue weighted by Gasteiger charge is -2.11. The van der Waals surface area contributed by atoms with Gasteiger partial charge >= 0.3 is 0 Å². The van der Waals surface area contributed by atoms with Crippen LogP contribution in [-0.4, -0.2) is 15.9 Å². The highest BCUT2D eigenvalue weighted by molar-refractivity contribution is 6.09. The van der Waals surface area contributed by atoms with Crippen molar-refractivity contribution in [2.45, 2.75) is 26.7 Å². The van der Waals surface area contributed by atoms with E-state index in [1.165, 1.54) is 0 Å². The lowest BCUT2D eigenvalue weighted by Crippen LogP contribution is -2.16. The topological polar surface area (TPSA) is 54.9 Å². The Morgan fingerprint density at radius 1 is 1.09 bits per heavy atom. The summed E-state index contributed by atoms with van der Waals surface area (Å²) in [5.74, 6) is 0.808. The van der Waals surface area contributed by atoms with Gasteiger partial charge in [0.25, 0.3) is 5.91 Å². The van der Waals surface area contributed by atoms with E-state index in [1.54, 1.807) is 6.20 Å². The van der Waals surface area contributed by atoms with E-state index in [4.69, 9.17) is 0 Å². The van der Waals surface area contributed by atoms with Gasteiger partial charge in [-0.15, -0.1) is 0 Å². The van der Waals surface area contributed by atoms with E-state index in [1.807, 2.05) is 63.2 Å². The predicted molar refractivity (Wildman–Crippen MR) is 92.8 cm³/mol. The summed E-state index contributed by atoms with van der Waals surface area (Å²) in [5.41, 5.74) is 1.99. The molecule has 116 valence electrons. The van der Waals surface area contributed by atoms with Crippen molar-refractivity contribution >= 4 is 22.4 Å². The van der Waals surface area contributed by atoms with E-state index >= 15 is 0 Å². The van der Waals surface area contributed by atoms with Crippen LogP contribution < -0.4 is 5.32 Å². The van der Waals surface area contributed by atoms with Crippen LogP contribution in [0.5, 0.6) is 0 Å². The van der Waals surface area contributed by atoms with Crippen molar-refractivity contribution in [2.75, 3.05) is 5.32 Å². The van der Waals surface area contributed by atoms with Crippen LogP contribution in [0.15, 0.2) is 48.7 Å². The molecule has 1 aromatic heterocycles. The van der Waals surface area contributed by atoms with Crippen molar-refractivity contribution in [3.05, 3.63) is 65.7 Å². The summed E-state index contributed by atoms with van der Waals surface area (Å²) in [4.78, 5) is 21.3. The Bertz CT molecular complexity index is 866. The third-order valence-corrected chi connectivity index (χ3v) is 3.80. The molecule has 0 aliphatic rings. The minimum atomic E-state index is -0.186. The van der Waals surface area contributed by atoms with E-state index in [0.29, 0.717) is 11.3 Å². The number of fused-ring (bicyclic) bond motifs is 1. The minimum Gasteiger partial charge on any atom is -0.321 e. The van der Waals surface area contributed by atoms with Crippen LogP contribution in [0, 0.1) is 6.92 Å². The average Bonchev–Trinajstić information content (AvgIpc) is 2.55. The van der Waals surface area contributed by atoms with Crippen LogP contribution in [0.4, 0.5) is 5.69 Å². The molecule has 0 bridgehead atoms. The number of hydrogen-bond donors (Lipinski definition) is 1. The number of aryl methyl sites for hydroxylation is 1. The summed E-state index contributed by atoms with van der Waals surface area (Å²) < 4.78 is 0. The van der Waals surface area contributed by atoms with Crippen molar-refractivity contribution in [1.29, 1.82) is 0 Å². The maximum Gasteiger partial charge on any atom is 0.259 e. The SMILES string of the molecule is Cc1nc(C(C)C)ncc1C(=O)Nc1cccc2ccccc12. The Morgan fingerprint density at radius 3 is 2.57 bits per heavy atom. The van der Waals surface area contributed by atoms with Gasteiger partial charge in [0.1, 0.15) is 5.82 Å². The molecule has 0 fully saturated rings. The Kier molecular flexibility index (Phi) is 4.06. The zero-order valence-electron chi connectivity index (χ0n) is 13.5. The van der Waals surface area contributed by atoms with E-state index in [0.717, 1.165) is 22.3 Å². The minimum absolute atomic E-state index is 0.186. The smallest absolute Gasteiger partial charge is 0.259 e. The van der Waals surface area contributed by atoms with Gasteiger partial charge in [0.15, 0.2) is 0 Å². The highest BCUT2D eigenvalue weighted by Crippen LogP contribution is 2.23. The molecule has 0 aliphatic carbocycles. The summed E-state index contributed by atoms with van der Waals surface area (Å²) in [5, 5.41) is 5.08.